The van der Waals surface area contributed by atoms with Gasteiger partial charge in [-0.25, -0.2) is 0 Å². The van der Waals surface area contributed by atoms with Gasteiger partial charge < -0.3 is 5.73 Å². The first-order chi connectivity index (χ1) is 8.15. The summed E-state index contributed by atoms with van der Waals surface area (Å²) in [7, 11) is 0. The van der Waals surface area contributed by atoms with Crippen molar-refractivity contribution >= 4 is 15.9 Å². The number of aromatic nitrogens is 2. The molecule has 0 saturated heterocycles. The van der Waals surface area contributed by atoms with E-state index in [1.165, 1.54) is 5.56 Å². The molecule has 1 heterocycles. The zero-order chi connectivity index (χ0) is 12.4. The highest BCUT2D eigenvalue weighted by Crippen LogP contribution is 2.25. The highest BCUT2D eigenvalue weighted by Gasteiger charge is 2.17. The summed E-state index contributed by atoms with van der Waals surface area (Å²) in [5, 5.41) is 4.55. The number of hydrogen-bond acceptors (Lipinski definition) is 2. The van der Waals surface area contributed by atoms with E-state index in [0.29, 0.717) is 6.54 Å². The van der Waals surface area contributed by atoms with Crippen LogP contribution in [0.5, 0.6) is 0 Å². The minimum atomic E-state index is 0.0983. The average Bonchev–Trinajstić information content (AvgIpc) is 2.60. The van der Waals surface area contributed by atoms with E-state index in [2.05, 4.69) is 40.1 Å². The number of hydrogen-bond donors (Lipinski definition) is 1. The van der Waals surface area contributed by atoms with Gasteiger partial charge in [0, 0.05) is 6.54 Å². The number of nitrogens with zero attached hydrogens (tertiary/aromatic N) is 2. The van der Waals surface area contributed by atoms with Crippen molar-refractivity contribution in [3.8, 4) is 0 Å². The van der Waals surface area contributed by atoms with Crippen LogP contribution in [0, 0.1) is 13.8 Å². The van der Waals surface area contributed by atoms with Crippen LogP contribution in [0.2, 0.25) is 0 Å². The predicted octanol–water partition coefficient (Wildman–Crippen LogP) is 2.81. The molecule has 2 rings (SSSR count). The van der Waals surface area contributed by atoms with Crippen molar-refractivity contribution < 1.29 is 0 Å². The summed E-state index contributed by atoms with van der Waals surface area (Å²) >= 11 is 3.55. The molecule has 3 nitrogen and oxygen atoms in total. The maximum atomic E-state index is 5.89. The average molecular weight is 294 g/mol. The highest BCUT2D eigenvalue weighted by atomic mass is 79.9. The Hall–Kier alpha value is -1.13. The van der Waals surface area contributed by atoms with E-state index in [0.717, 1.165) is 15.9 Å². The molecular formula is C13H16BrN3. The fourth-order valence-corrected chi connectivity index (χ4v) is 2.26. The molecule has 2 N–H and O–H groups in total. The largest absolute Gasteiger partial charge is 0.328 e. The highest BCUT2D eigenvalue weighted by molar-refractivity contribution is 9.10. The second kappa shape index (κ2) is 5.02. The lowest BCUT2D eigenvalue weighted by Crippen LogP contribution is -2.22. The van der Waals surface area contributed by atoms with Gasteiger partial charge in [0.15, 0.2) is 0 Å². The lowest BCUT2D eigenvalue weighted by atomic mass is 10.1. The Labute approximate surface area is 110 Å². The molecule has 1 unspecified atom stereocenters. The molecule has 4 heteroatoms. The van der Waals surface area contributed by atoms with Gasteiger partial charge >= 0.3 is 0 Å². The van der Waals surface area contributed by atoms with Crippen LogP contribution in [0.25, 0.3) is 0 Å². The predicted molar refractivity (Wildman–Crippen MR) is 73.0 cm³/mol. The van der Waals surface area contributed by atoms with Crippen LogP contribution in [0.15, 0.2) is 34.8 Å². The maximum absolute atomic E-state index is 5.89. The van der Waals surface area contributed by atoms with Gasteiger partial charge in [0.1, 0.15) is 0 Å². The van der Waals surface area contributed by atoms with Gasteiger partial charge in [-0.1, -0.05) is 30.3 Å². The van der Waals surface area contributed by atoms with Gasteiger partial charge in [0.25, 0.3) is 0 Å². The molecule has 1 atom stereocenters. The van der Waals surface area contributed by atoms with Crippen LogP contribution >= 0.6 is 15.9 Å². The molecule has 0 radical (unpaired) electrons. The Bertz CT molecular complexity index is 505. The smallest absolute Gasteiger partial charge is 0.0894 e. The van der Waals surface area contributed by atoms with E-state index in [9.17, 15) is 0 Å². The van der Waals surface area contributed by atoms with Crippen molar-refractivity contribution in [3.05, 3.63) is 51.8 Å². The summed E-state index contributed by atoms with van der Waals surface area (Å²) in [6, 6.07) is 10.3. The summed E-state index contributed by atoms with van der Waals surface area (Å²) in [5.74, 6) is 0. The molecular weight excluding hydrogens is 278 g/mol. The third-order valence-electron chi connectivity index (χ3n) is 2.94. The van der Waals surface area contributed by atoms with Crippen molar-refractivity contribution in [2.24, 2.45) is 5.73 Å². The van der Waals surface area contributed by atoms with Gasteiger partial charge in [0.05, 0.1) is 21.9 Å². The molecule has 0 aliphatic heterocycles. The molecule has 0 aliphatic rings. The van der Waals surface area contributed by atoms with Crippen molar-refractivity contribution in [2.45, 2.75) is 19.9 Å². The molecule has 90 valence electrons. The zero-order valence-electron chi connectivity index (χ0n) is 10.0. The number of rotatable bonds is 3. The van der Waals surface area contributed by atoms with E-state index in [-0.39, 0.29) is 6.04 Å². The minimum absolute atomic E-state index is 0.0983. The SMILES string of the molecule is Cc1nn(C(CN)c2ccccc2)c(C)c1Br. The molecule has 0 bridgehead atoms. The second-order valence-electron chi connectivity index (χ2n) is 4.09. The van der Waals surface area contributed by atoms with E-state index in [1.54, 1.807) is 0 Å². The quantitative estimate of drug-likeness (QED) is 0.946. The minimum Gasteiger partial charge on any atom is -0.328 e. The second-order valence-corrected chi connectivity index (χ2v) is 4.88. The monoisotopic (exact) mass is 293 g/mol. The molecule has 0 saturated carbocycles. The van der Waals surface area contributed by atoms with E-state index in [1.807, 2.05) is 29.8 Å². The number of aryl methyl sites for hydroxylation is 1. The standard InChI is InChI=1S/C13H16BrN3/c1-9-13(14)10(2)17(16-9)12(8-15)11-6-4-3-5-7-11/h3-7,12H,8,15H2,1-2H3. The normalized spacial score (nSPS) is 12.7. The molecule has 0 spiro atoms. The lowest BCUT2D eigenvalue weighted by Gasteiger charge is -2.17. The Balaban J connectivity index is 2.46. The Morgan fingerprint density at radius 2 is 1.94 bits per heavy atom. The molecule has 0 fully saturated rings. The molecule has 2 aromatic rings. The van der Waals surface area contributed by atoms with Crippen LogP contribution in [-0.4, -0.2) is 16.3 Å². The molecule has 1 aromatic carbocycles. The van der Waals surface area contributed by atoms with Crippen molar-refractivity contribution in [1.29, 1.82) is 0 Å². The summed E-state index contributed by atoms with van der Waals surface area (Å²) in [6.07, 6.45) is 0. The third-order valence-corrected chi connectivity index (χ3v) is 4.09. The van der Waals surface area contributed by atoms with Crippen LogP contribution in [-0.2, 0) is 0 Å². The summed E-state index contributed by atoms with van der Waals surface area (Å²) in [5.41, 5.74) is 9.19. The van der Waals surface area contributed by atoms with E-state index < -0.39 is 0 Å². The van der Waals surface area contributed by atoms with Gasteiger partial charge in [-0.15, -0.1) is 0 Å². The first kappa shape index (κ1) is 12.3. The Morgan fingerprint density at radius 3 is 2.41 bits per heavy atom. The van der Waals surface area contributed by atoms with E-state index in [4.69, 9.17) is 5.73 Å². The fourth-order valence-electron chi connectivity index (χ4n) is 2.00. The van der Waals surface area contributed by atoms with Gasteiger partial charge in [-0.2, -0.15) is 5.10 Å². The van der Waals surface area contributed by atoms with Crippen molar-refractivity contribution in [3.63, 3.8) is 0 Å². The van der Waals surface area contributed by atoms with E-state index >= 15 is 0 Å². The van der Waals surface area contributed by atoms with Crippen molar-refractivity contribution in [2.75, 3.05) is 6.54 Å². The first-order valence-electron chi connectivity index (χ1n) is 5.61. The summed E-state index contributed by atoms with van der Waals surface area (Å²) in [6.45, 7) is 4.58. The van der Waals surface area contributed by atoms with Crippen LogP contribution in [0.1, 0.15) is 23.0 Å². The molecule has 1 aromatic heterocycles. The summed E-state index contributed by atoms with van der Waals surface area (Å²) < 4.78 is 3.06. The van der Waals surface area contributed by atoms with Gasteiger partial charge in [0.2, 0.25) is 0 Å². The lowest BCUT2D eigenvalue weighted by molar-refractivity contribution is 0.516. The maximum Gasteiger partial charge on any atom is 0.0894 e. The zero-order valence-corrected chi connectivity index (χ0v) is 11.6. The van der Waals surface area contributed by atoms with Gasteiger partial charge in [-0.3, -0.25) is 4.68 Å². The number of halogens is 1. The number of nitrogens with two attached hydrogens (primary N) is 1. The van der Waals surface area contributed by atoms with Crippen molar-refractivity contribution in [1.82, 2.24) is 9.78 Å². The van der Waals surface area contributed by atoms with Crippen LogP contribution in [0.3, 0.4) is 0 Å². The Kier molecular flexibility index (Phi) is 3.64. The number of benzene rings is 1. The molecule has 0 aliphatic carbocycles. The first-order valence-corrected chi connectivity index (χ1v) is 6.40. The molecule has 17 heavy (non-hydrogen) atoms. The summed E-state index contributed by atoms with van der Waals surface area (Å²) in [4.78, 5) is 0. The Morgan fingerprint density at radius 1 is 1.29 bits per heavy atom. The van der Waals surface area contributed by atoms with Crippen LogP contribution in [0.4, 0.5) is 0 Å². The van der Waals surface area contributed by atoms with Crippen LogP contribution < -0.4 is 5.73 Å². The third kappa shape index (κ3) is 2.28. The molecule has 0 amide bonds. The fraction of sp³-hybridized carbons (Fsp3) is 0.308. The topological polar surface area (TPSA) is 43.8 Å². The van der Waals surface area contributed by atoms with Gasteiger partial charge in [-0.05, 0) is 35.3 Å².